The average Bonchev–Trinajstić information content (AvgIpc) is 3.59. The summed E-state index contributed by atoms with van der Waals surface area (Å²) in [5.74, 6) is -0.759. The third kappa shape index (κ3) is 4.46. The minimum absolute atomic E-state index is 0.195. The first kappa shape index (κ1) is 22.0. The van der Waals surface area contributed by atoms with Crippen LogP contribution in [0.5, 0.6) is 0 Å². The minimum atomic E-state index is -4.69. The van der Waals surface area contributed by atoms with E-state index in [1.54, 1.807) is 18.5 Å². The molecule has 4 aromatic rings. The van der Waals surface area contributed by atoms with E-state index in [1.165, 1.54) is 11.3 Å². The Kier molecular flexibility index (Phi) is 5.48. The quantitative estimate of drug-likeness (QED) is 0.347. The first-order chi connectivity index (χ1) is 16.3. The van der Waals surface area contributed by atoms with E-state index >= 15 is 0 Å². The molecule has 0 atom stereocenters. The number of hydrogen-bond acceptors (Lipinski definition) is 7. The second-order valence-corrected chi connectivity index (χ2v) is 8.73. The highest BCUT2D eigenvalue weighted by Gasteiger charge is 2.33. The second-order valence-electron chi connectivity index (χ2n) is 7.70. The maximum Gasteiger partial charge on any atom is 0.417 e. The van der Waals surface area contributed by atoms with Crippen molar-refractivity contribution in [3.8, 4) is 22.6 Å². The Morgan fingerprint density at radius 1 is 1.06 bits per heavy atom. The minimum Gasteiger partial charge on any atom is -0.478 e. The topological polar surface area (TPSA) is 101 Å². The number of pyridine rings is 1. The summed E-state index contributed by atoms with van der Waals surface area (Å²) in [5.41, 5.74) is 0.762. The number of aromatic carboxylic acids is 1. The number of carboxylic acids is 1. The van der Waals surface area contributed by atoms with Gasteiger partial charge in [-0.2, -0.15) is 13.2 Å². The summed E-state index contributed by atoms with van der Waals surface area (Å²) in [7, 11) is 0. The molecule has 1 aromatic carbocycles. The van der Waals surface area contributed by atoms with Gasteiger partial charge in [-0.25, -0.2) is 24.7 Å². The molecule has 1 saturated carbocycles. The highest BCUT2D eigenvalue weighted by atomic mass is 32.1. The molecule has 172 valence electrons. The molecular formula is C23H16F3N5O2S. The molecule has 0 saturated heterocycles. The van der Waals surface area contributed by atoms with Gasteiger partial charge in [-0.15, -0.1) is 11.3 Å². The van der Waals surface area contributed by atoms with Crippen LogP contribution in [0.1, 0.15) is 39.6 Å². The summed E-state index contributed by atoms with van der Waals surface area (Å²) >= 11 is 1.35. The number of halogens is 3. The van der Waals surface area contributed by atoms with Gasteiger partial charge in [0.25, 0.3) is 0 Å². The van der Waals surface area contributed by atoms with E-state index in [-0.39, 0.29) is 5.82 Å². The molecule has 0 aliphatic heterocycles. The monoisotopic (exact) mass is 483 g/mol. The van der Waals surface area contributed by atoms with E-state index in [1.807, 2.05) is 24.3 Å². The van der Waals surface area contributed by atoms with Crippen molar-refractivity contribution in [2.24, 2.45) is 0 Å². The largest absolute Gasteiger partial charge is 0.478 e. The molecule has 0 amide bonds. The van der Waals surface area contributed by atoms with Crippen LogP contribution in [0.25, 0.3) is 22.6 Å². The second kappa shape index (κ2) is 8.49. The van der Waals surface area contributed by atoms with Crippen molar-refractivity contribution in [1.29, 1.82) is 0 Å². The highest BCUT2D eigenvalue weighted by Crippen LogP contribution is 2.48. The lowest BCUT2D eigenvalue weighted by atomic mass is 10.1. The first-order valence-corrected chi connectivity index (χ1v) is 11.1. The van der Waals surface area contributed by atoms with Crippen LogP contribution in [0, 0.1) is 0 Å². The molecule has 0 radical (unpaired) electrons. The molecule has 3 heterocycles. The molecule has 3 aromatic heterocycles. The fourth-order valence-corrected chi connectivity index (χ4v) is 4.58. The third-order valence-corrected chi connectivity index (χ3v) is 6.39. The van der Waals surface area contributed by atoms with E-state index in [4.69, 9.17) is 0 Å². The van der Waals surface area contributed by atoms with E-state index in [9.17, 15) is 23.1 Å². The SMILES string of the molecule is O=C(O)c1cc(C(F)(F)F)cnc1Nc1nc(-c2ccc(-c3ncccn3)cc2)c(C2CC2)s1. The van der Waals surface area contributed by atoms with Gasteiger partial charge in [-0.05, 0) is 30.9 Å². The van der Waals surface area contributed by atoms with Crippen molar-refractivity contribution in [3.05, 3.63) is 71.0 Å². The van der Waals surface area contributed by atoms with Crippen LogP contribution < -0.4 is 5.32 Å². The summed E-state index contributed by atoms with van der Waals surface area (Å²) in [4.78, 5) is 29.4. The zero-order chi connectivity index (χ0) is 23.9. The molecule has 1 aliphatic rings. The molecule has 11 heteroatoms. The van der Waals surface area contributed by atoms with Gasteiger partial charge in [-0.1, -0.05) is 24.3 Å². The maximum absolute atomic E-state index is 13.0. The van der Waals surface area contributed by atoms with E-state index in [2.05, 4.69) is 25.3 Å². The summed E-state index contributed by atoms with van der Waals surface area (Å²) in [6, 6.07) is 9.93. The van der Waals surface area contributed by atoms with Gasteiger partial charge in [-0.3, -0.25) is 0 Å². The molecule has 5 rings (SSSR count). The van der Waals surface area contributed by atoms with Crippen LogP contribution in [0.2, 0.25) is 0 Å². The molecule has 0 unspecified atom stereocenters. The van der Waals surface area contributed by atoms with Crippen molar-refractivity contribution >= 4 is 28.3 Å². The number of nitrogens with one attached hydrogen (secondary N) is 1. The van der Waals surface area contributed by atoms with Crippen molar-refractivity contribution < 1.29 is 23.1 Å². The van der Waals surface area contributed by atoms with E-state index in [0.29, 0.717) is 29.1 Å². The average molecular weight is 483 g/mol. The van der Waals surface area contributed by atoms with Crippen LogP contribution in [0.3, 0.4) is 0 Å². The Morgan fingerprint density at radius 3 is 2.35 bits per heavy atom. The lowest BCUT2D eigenvalue weighted by molar-refractivity contribution is -0.137. The van der Waals surface area contributed by atoms with Gasteiger partial charge < -0.3 is 10.4 Å². The molecule has 0 bridgehead atoms. The molecule has 7 nitrogen and oxygen atoms in total. The fraction of sp³-hybridized carbons (Fsp3) is 0.174. The Labute approximate surface area is 195 Å². The normalized spacial score (nSPS) is 13.6. The fourth-order valence-electron chi connectivity index (χ4n) is 3.42. The number of aromatic nitrogens is 4. The van der Waals surface area contributed by atoms with Crippen molar-refractivity contribution in [2.45, 2.75) is 24.9 Å². The number of thiazole rings is 1. The lowest BCUT2D eigenvalue weighted by Gasteiger charge is -2.10. The molecule has 1 aliphatic carbocycles. The first-order valence-electron chi connectivity index (χ1n) is 10.3. The summed E-state index contributed by atoms with van der Waals surface area (Å²) < 4.78 is 39.0. The zero-order valence-corrected chi connectivity index (χ0v) is 18.2. The summed E-state index contributed by atoms with van der Waals surface area (Å²) in [6.45, 7) is 0. The van der Waals surface area contributed by atoms with Gasteiger partial charge in [0.15, 0.2) is 11.0 Å². The van der Waals surface area contributed by atoms with Gasteiger partial charge >= 0.3 is 12.1 Å². The number of hydrogen-bond donors (Lipinski definition) is 2. The summed E-state index contributed by atoms with van der Waals surface area (Å²) in [6.07, 6.45) is 1.28. The van der Waals surface area contributed by atoms with Gasteiger partial charge in [0.1, 0.15) is 11.4 Å². The van der Waals surface area contributed by atoms with Crippen LogP contribution in [-0.4, -0.2) is 31.0 Å². The third-order valence-electron chi connectivity index (χ3n) is 5.25. The molecular weight excluding hydrogens is 467 g/mol. The number of alkyl halides is 3. The molecule has 0 spiro atoms. The van der Waals surface area contributed by atoms with Crippen molar-refractivity contribution in [1.82, 2.24) is 19.9 Å². The van der Waals surface area contributed by atoms with Crippen molar-refractivity contribution in [2.75, 3.05) is 5.32 Å². The van der Waals surface area contributed by atoms with Crippen LogP contribution in [0.4, 0.5) is 24.1 Å². The van der Waals surface area contributed by atoms with Crippen LogP contribution >= 0.6 is 11.3 Å². The smallest absolute Gasteiger partial charge is 0.417 e. The highest BCUT2D eigenvalue weighted by molar-refractivity contribution is 7.16. The van der Waals surface area contributed by atoms with E-state index in [0.717, 1.165) is 34.5 Å². The number of rotatable bonds is 6. The number of anilines is 2. The molecule has 1 fully saturated rings. The number of carbonyl (C=O) groups is 1. The van der Waals surface area contributed by atoms with Gasteiger partial charge in [0, 0.05) is 34.6 Å². The Hall–Kier alpha value is -3.86. The van der Waals surface area contributed by atoms with Gasteiger partial charge in [0.05, 0.1) is 11.3 Å². The van der Waals surface area contributed by atoms with E-state index < -0.39 is 23.3 Å². The molecule has 2 N–H and O–H groups in total. The van der Waals surface area contributed by atoms with Crippen LogP contribution in [-0.2, 0) is 6.18 Å². The van der Waals surface area contributed by atoms with Gasteiger partial charge in [0.2, 0.25) is 0 Å². The number of carboxylic acid groups (broad SMARTS) is 1. The predicted octanol–water partition coefficient (Wildman–Crippen LogP) is 6.00. The Balaban J connectivity index is 1.47. The standard InChI is InChI=1S/C23H16F3N5O2S/c24-23(25,26)15-10-16(21(32)33)20(29-11-15)31-22-30-17(18(34-22)13-4-5-13)12-2-6-14(7-3-12)19-27-8-1-9-28-19/h1-3,6-11,13H,4-5H2,(H,32,33)(H,29,30,31). The zero-order valence-electron chi connectivity index (χ0n) is 17.4. The molecule has 34 heavy (non-hydrogen) atoms. The maximum atomic E-state index is 13.0. The Bertz CT molecular complexity index is 1350. The number of nitrogens with zero attached hydrogens (tertiary/aromatic N) is 4. The van der Waals surface area contributed by atoms with Crippen LogP contribution in [0.15, 0.2) is 55.0 Å². The predicted molar refractivity (Wildman–Crippen MR) is 120 cm³/mol. The summed E-state index contributed by atoms with van der Waals surface area (Å²) in [5, 5.41) is 12.6. The number of benzene rings is 1. The lowest BCUT2D eigenvalue weighted by Crippen LogP contribution is -2.11. The van der Waals surface area contributed by atoms with Crippen molar-refractivity contribution in [3.63, 3.8) is 0 Å². The Morgan fingerprint density at radius 2 is 1.74 bits per heavy atom.